The first-order chi connectivity index (χ1) is 11.6. The molecule has 4 rings (SSSR count). The minimum absolute atomic E-state index is 0.0852. The Hall–Kier alpha value is -1.98. The molecule has 0 unspecified atom stereocenters. The number of nitrogens with zero attached hydrogens (tertiary/aromatic N) is 1. The van der Waals surface area contributed by atoms with E-state index in [0.717, 1.165) is 27.9 Å². The van der Waals surface area contributed by atoms with E-state index in [0.29, 0.717) is 23.5 Å². The number of hydrogen-bond donors (Lipinski definition) is 1. The molecule has 1 N–H and O–H groups in total. The molecule has 0 saturated heterocycles. The summed E-state index contributed by atoms with van der Waals surface area (Å²) in [4.78, 5) is 17.5. The number of carbonyl (C=O) groups is 1. The highest BCUT2D eigenvalue weighted by molar-refractivity contribution is 9.10. The zero-order valence-corrected chi connectivity index (χ0v) is 15.0. The van der Waals surface area contributed by atoms with Crippen molar-refractivity contribution in [2.75, 3.05) is 13.1 Å². The summed E-state index contributed by atoms with van der Waals surface area (Å²) < 4.78 is 5.92. The molecule has 1 aliphatic rings. The Morgan fingerprint density at radius 3 is 2.88 bits per heavy atom. The van der Waals surface area contributed by atoms with E-state index < -0.39 is 0 Å². The molecule has 0 spiro atoms. The molecule has 1 aromatic carbocycles. The number of amides is 1. The molecule has 6 heteroatoms. The van der Waals surface area contributed by atoms with Crippen molar-refractivity contribution in [2.24, 2.45) is 0 Å². The van der Waals surface area contributed by atoms with Crippen LogP contribution < -0.4 is 0 Å². The number of rotatable bonds is 2. The minimum atomic E-state index is -0.0852. The first-order valence-electron chi connectivity index (χ1n) is 7.62. The maximum atomic E-state index is 12.4. The van der Waals surface area contributed by atoms with Crippen LogP contribution in [0.2, 0.25) is 5.02 Å². The van der Waals surface area contributed by atoms with Gasteiger partial charge in [0.15, 0.2) is 10.4 Å². The largest absolute Gasteiger partial charge is 0.444 e. The average Bonchev–Trinajstić information content (AvgIpc) is 3.20. The third-order valence-corrected chi connectivity index (χ3v) is 4.93. The monoisotopic (exact) mass is 404 g/mol. The molecule has 24 heavy (non-hydrogen) atoms. The van der Waals surface area contributed by atoms with Gasteiger partial charge in [0, 0.05) is 40.8 Å². The lowest BCUT2D eigenvalue weighted by Crippen LogP contribution is -2.34. The van der Waals surface area contributed by atoms with E-state index in [9.17, 15) is 4.79 Å². The summed E-state index contributed by atoms with van der Waals surface area (Å²) in [5.41, 5.74) is 3.45. The molecule has 0 bridgehead atoms. The summed E-state index contributed by atoms with van der Waals surface area (Å²) in [6.07, 6.45) is 4.91. The lowest BCUT2D eigenvalue weighted by Gasteiger charge is -2.25. The standard InChI is InChI=1S/C18H14BrClN2O2/c19-17-4-3-16(24-17)18(23)22-7-5-11(6-8-22)14-10-21-15-2-1-12(20)9-13(14)15/h1-5,9-10,21H,6-8H2. The Labute approximate surface area is 152 Å². The Morgan fingerprint density at radius 2 is 2.17 bits per heavy atom. The van der Waals surface area contributed by atoms with Crippen LogP contribution >= 0.6 is 27.5 Å². The van der Waals surface area contributed by atoms with Gasteiger partial charge in [0.25, 0.3) is 5.91 Å². The van der Waals surface area contributed by atoms with Gasteiger partial charge < -0.3 is 14.3 Å². The second-order valence-electron chi connectivity index (χ2n) is 5.73. The Bertz CT molecular complexity index is 957. The zero-order chi connectivity index (χ0) is 16.7. The van der Waals surface area contributed by atoms with Crippen molar-refractivity contribution in [3.05, 3.63) is 63.6 Å². The van der Waals surface area contributed by atoms with E-state index in [2.05, 4.69) is 27.0 Å². The molecular formula is C18H14BrClN2O2. The number of H-pyrrole nitrogens is 1. The topological polar surface area (TPSA) is 49.2 Å². The summed E-state index contributed by atoms with van der Waals surface area (Å²) in [7, 11) is 0. The Kier molecular flexibility index (Phi) is 3.98. The number of hydrogen-bond acceptors (Lipinski definition) is 2. The number of furan rings is 1. The molecule has 2 aromatic heterocycles. The normalized spacial score (nSPS) is 14.9. The first-order valence-corrected chi connectivity index (χ1v) is 8.79. The second kappa shape index (κ2) is 6.15. The van der Waals surface area contributed by atoms with Gasteiger partial charge in [-0.1, -0.05) is 17.7 Å². The molecule has 3 aromatic rings. The van der Waals surface area contributed by atoms with E-state index in [1.165, 1.54) is 5.57 Å². The van der Waals surface area contributed by atoms with Gasteiger partial charge in [-0.15, -0.1) is 0 Å². The molecule has 3 heterocycles. The van der Waals surface area contributed by atoms with Crippen molar-refractivity contribution >= 4 is 49.9 Å². The lowest BCUT2D eigenvalue weighted by atomic mass is 9.99. The smallest absolute Gasteiger partial charge is 0.289 e. The third kappa shape index (κ3) is 2.78. The fourth-order valence-electron chi connectivity index (χ4n) is 3.04. The van der Waals surface area contributed by atoms with Gasteiger partial charge in [0.1, 0.15) is 0 Å². The van der Waals surface area contributed by atoms with Gasteiger partial charge in [-0.3, -0.25) is 4.79 Å². The van der Waals surface area contributed by atoms with Gasteiger partial charge in [0.2, 0.25) is 0 Å². The predicted octanol–water partition coefficient (Wildman–Crippen LogP) is 5.11. The van der Waals surface area contributed by atoms with Crippen molar-refractivity contribution in [1.29, 1.82) is 0 Å². The van der Waals surface area contributed by atoms with E-state index in [1.807, 2.05) is 24.4 Å². The van der Waals surface area contributed by atoms with Crippen LogP contribution in [-0.4, -0.2) is 28.9 Å². The van der Waals surface area contributed by atoms with Gasteiger partial charge >= 0.3 is 0 Å². The number of benzene rings is 1. The first kappa shape index (κ1) is 15.5. The Balaban J connectivity index is 1.58. The number of halogens is 2. The Morgan fingerprint density at radius 1 is 1.29 bits per heavy atom. The maximum absolute atomic E-state index is 12.4. The number of nitrogens with one attached hydrogen (secondary N) is 1. The molecule has 4 nitrogen and oxygen atoms in total. The third-order valence-electron chi connectivity index (χ3n) is 4.27. The van der Waals surface area contributed by atoms with Crippen molar-refractivity contribution in [2.45, 2.75) is 6.42 Å². The SMILES string of the molecule is O=C(c1ccc(Br)o1)N1CC=C(c2c[nH]c3ccc(Cl)cc23)CC1. The quantitative estimate of drug-likeness (QED) is 0.644. The molecule has 0 aliphatic carbocycles. The van der Waals surface area contributed by atoms with Crippen LogP contribution in [0, 0.1) is 0 Å². The van der Waals surface area contributed by atoms with E-state index in [1.54, 1.807) is 17.0 Å². The van der Waals surface area contributed by atoms with Crippen LogP contribution in [0.5, 0.6) is 0 Å². The van der Waals surface area contributed by atoms with Crippen LogP contribution in [0.4, 0.5) is 0 Å². The number of aromatic nitrogens is 1. The van der Waals surface area contributed by atoms with Crippen LogP contribution in [0.3, 0.4) is 0 Å². The highest BCUT2D eigenvalue weighted by Gasteiger charge is 2.22. The highest BCUT2D eigenvalue weighted by Crippen LogP contribution is 2.31. The van der Waals surface area contributed by atoms with Crippen LogP contribution in [0.1, 0.15) is 22.5 Å². The maximum Gasteiger partial charge on any atom is 0.289 e. The zero-order valence-electron chi connectivity index (χ0n) is 12.7. The number of aromatic amines is 1. The van der Waals surface area contributed by atoms with E-state index >= 15 is 0 Å². The fraction of sp³-hybridized carbons (Fsp3) is 0.167. The summed E-state index contributed by atoms with van der Waals surface area (Å²) in [5, 5.41) is 1.84. The summed E-state index contributed by atoms with van der Waals surface area (Å²) in [5.74, 6) is 0.274. The minimum Gasteiger partial charge on any atom is -0.444 e. The van der Waals surface area contributed by atoms with Crippen molar-refractivity contribution in [3.63, 3.8) is 0 Å². The average molecular weight is 406 g/mol. The summed E-state index contributed by atoms with van der Waals surface area (Å²) >= 11 is 9.35. The second-order valence-corrected chi connectivity index (χ2v) is 6.94. The van der Waals surface area contributed by atoms with Gasteiger partial charge in [-0.05, 0) is 58.3 Å². The lowest BCUT2D eigenvalue weighted by molar-refractivity contribution is 0.0739. The molecule has 0 fully saturated rings. The molecule has 0 atom stereocenters. The number of carbonyl (C=O) groups excluding carboxylic acids is 1. The molecule has 0 radical (unpaired) electrons. The van der Waals surface area contributed by atoms with Crippen LogP contribution in [0.15, 0.2) is 51.7 Å². The van der Waals surface area contributed by atoms with E-state index in [-0.39, 0.29) is 5.91 Å². The van der Waals surface area contributed by atoms with Crippen molar-refractivity contribution in [1.82, 2.24) is 9.88 Å². The predicted molar refractivity (Wildman–Crippen MR) is 98.2 cm³/mol. The van der Waals surface area contributed by atoms with Gasteiger partial charge in [-0.2, -0.15) is 0 Å². The molecule has 1 aliphatic heterocycles. The molecule has 122 valence electrons. The summed E-state index contributed by atoms with van der Waals surface area (Å²) in [6, 6.07) is 9.25. The van der Waals surface area contributed by atoms with Crippen molar-refractivity contribution in [3.8, 4) is 0 Å². The fourth-order valence-corrected chi connectivity index (χ4v) is 3.52. The van der Waals surface area contributed by atoms with Crippen molar-refractivity contribution < 1.29 is 9.21 Å². The van der Waals surface area contributed by atoms with Crippen LogP contribution in [0.25, 0.3) is 16.5 Å². The van der Waals surface area contributed by atoms with Gasteiger partial charge in [0.05, 0.1) is 0 Å². The highest BCUT2D eigenvalue weighted by atomic mass is 79.9. The molecule has 0 saturated carbocycles. The van der Waals surface area contributed by atoms with Crippen LogP contribution in [-0.2, 0) is 0 Å². The van der Waals surface area contributed by atoms with E-state index in [4.69, 9.17) is 16.0 Å². The molecule has 1 amide bonds. The number of fused-ring (bicyclic) bond motifs is 1. The summed E-state index contributed by atoms with van der Waals surface area (Å²) in [6.45, 7) is 1.23. The van der Waals surface area contributed by atoms with Gasteiger partial charge in [-0.25, -0.2) is 0 Å². The molecular weight excluding hydrogens is 392 g/mol.